The normalized spacial score (nSPS) is 11.6. The van der Waals surface area contributed by atoms with Gasteiger partial charge in [-0.3, -0.25) is 9.59 Å². The van der Waals surface area contributed by atoms with Crippen LogP contribution in [0.15, 0.2) is 83.3 Å². The van der Waals surface area contributed by atoms with E-state index in [4.69, 9.17) is 11.6 Å². The fraction of sp³-hybridized carbons (Fsp3) is 0.200. The first kappa shape index (κ1) is 23.0. The van der Waals surface area contributed by atoms with Gasteiger partial charge in [0.2, 0.25) is 11.8 Å². The van der Waals surface area contributed by atoms with E-state index in [9.17, 15) is 9.59 Å². The molecule has 0 heterocycles. The number of carbonyl (C=O) groups excluding carboxylic acids is 2. The number of halogens is 2. The highest BCUT2D eigenvalue weighted by Gasteiger charge is 2.30. The standard InChI is InChI=1S/C25H24BrClN2O2/c1-28-25(31)23(15-18-7-3-2-4-8-18)29(17-19-11-13-21(26)14-12-19)24(30)16-20-9-5-6-10-22(20)27/h2-14,23H,15-17H2,1H3,(H,28,31)/t23-/m1/s1. The predicted molar refractivity (Wildman–Crippen MR) is 128 cm³/mol. The fourth-order valence-corrected chi connectivity index (χ4v) is 3.88. The number of amides is 2. The second kappa shape index (κ2) is 11.1. The summed E-state index contributed by atoms with van der Waals surface area (Å²) >= 11 is 9.74. The smallest absolute Gasteiger partial charge is 0.242 e. The number of carbonyl (C=O) groups is 2. The summed E-state index contributed by atoms with van der Waals surface area (Å²) in [6, 6.07) is 24.1. The fourth-order valence-electron chi connectivity index (χ4n) is 3.41. The molecular formula is C25H24BrClN2O2. The van der Waals surface area contributed by atoms with Gasteiger partial charge in [0.1, 0.15) is 6.04 Å². The Balaban J connectivity index is 1.94. The molecule has 2 amide bonds. The molecule has 3 aromatic rings. The summed E-state index contributed by atoms with van der Waals surface area (Å²) in [7, 11) is 1.59. The Morgan fingerprint density at radius 2 is 1.58 bits per heavy atom. The number of rotatable bonds is 8. The summed E-state index contributed by atoms with van der Waals surface area (Å²) < 4.78 is 0.956. The van der Waals surface area contributed by atoms with Gasteiger partial charge in [0.05, 0.1) is 6.42 Å². The van der Waals surface area contributed by atoms with E-state index in [1.54, 1.807) is 18.0 Å². The van der Waals surface area contributed by atoms with Gasteiger partial charge in [-0.15, -0.1) is 0 Å². The average Bonchev–Trinajstić information content (AvgIpc) is 2.79. The molecule has 0 spiro atoms. The second-order valence-corrected chi connectivity index (χ2v) is 8.56. The molecule has 0 saturated carbocycles. The summed E-state index contributed by atoms with van der Waals surface area (Å²) in [5.41, 5.74) is 2.67. The third-order valence-corrected chi connectivity index (χ3v) is 5.98. The van der Waals surface area contributed by atoms with Crippen LogP contribution in [-0.2, 0) is 29.0 Å². The zero-order chi connectivity index (χ0) is 22.2. The van der Waals surface area contributed by atoms with Gasteiger partial charge in [0.15, 0.2) is 0 Å². The molecule has 0 saturated heterocycles. The minimum atomic E-state index is -0.647. The monoisotopic (exact) mass is 498 g/mol. The van der Waals surface area contributed by atoms with Gasteiger partial charge in [-0.05, 0) is 34.9 Å². The van der Waals surface area contributed by atoms with Crippen LogP contribution in [0.2, 0.25) is 5.02 Å². The van der Waals surface area contributed by atoms with Crippen molar-refractivity contribution >= 4 is 39.3 Å². The molecule has 0 aliphatic rings. The number of hydrogen-bond acceptors (Lipinski definition) is 2. The molecule has 1 N–H and O–H groups in total. The van der Waals surface area contributed by atoms with E-state index < -0.39 is 6.04 Å². The van der Waals surface area contributed by atoms with Crippen molar-refractivity contribution in [3.05, 3.63) is 105 Å². The quantitative estimate of drug-likeness (QED) is 0.472. The molecule has 0 aromatic heterocycles. The molecule has 0 aliphatic carbocycles. The third-order valence-electron chi connectivity index (χ3n) is 5.08. The lowest BCUT2D eigenvalue weighted by Crippen LogP contribution is -2.50. The number of likely N-dealkylation sites (N-methyl/N-ethyl adjacent to an activating group) is 1. The Hall–Kier alpha value is -2.63. The first-order chi connectivity index (χ1) is 15.0. The third kappa shape index (κ3) is 6.42. The van der Waals surface area contributed by atoms with Gasteiger partial charge < -0.3 is 10.2 Å². The maximum atomic E-state index is 13.5. The van der Waals surface area contributed by atoms with E-state index in [-0.39, 0.29) is 18.2 Å². The lowest BCUT2D eigenvalue weighted by molar-refractivity contribution is -0.140. The molecule has 0 bridgehead atoms. The van der Waals surface area contributed by atoms with E-state index in [0.29, 0.717) is 18.0 Å². The molecule has 31 heavy (non-hydrogen) atoms. The minimum Gasteiger partial charge on any atom is -0.357 e. The maximum absolute atomic E-state index is 13.5. The molecule has 0 aliphatic heterocycles. The maximum Gasteiger partial charge on any atom is 0.242 e. The van der Waals surface area contributed by atoms with Crippen molar-refractivity contribution in [3.8, 4) is 0 Å². The number of nitrogens with zero attached hydrogens (tertiary/aromatic N) is 1. The molecule has 6 heteroatoms. The van der Waals surface area contributed by atoms with Crippen molar-refractivity contribution in [1.82, 2.24) is 10.2 Å². The van der Waals surface area contributed by atoms with Crippen molar-refractivity contribution in [2.75, 3.05) is 7.05 Å². The van der Waals surface area contributed by atoms with E-state index in [2.05, 4.69) is 21.2 Å². The lowest BCUT2D eigenvalue weighted by atomic mass is 10.0. The minimum absolute atomic E-state index is 0.123. The average molecular weight is 500 g/mol. The van der Waals surface area contributed by atoms with Gasteiger partial charge in [-0.2, -0.15) is 0 Å². The topological polar surface area (TPSA) is 49.4 Å². The largest absolute Gasteiger partial charge is 0.357 e. The number of hydrogen-bond donors (Lipinski definition) is 1. The van der Waals surface area contributed by atoms with Crippen LogP contribution in [0.4, 0.5) is 0 Å². The zero-order valence-corrected chi connectivity index (χ0v) is 19.6. The van der Waals surface area contributed by atoms with Crippen LogP contribution in [-0.4, -0.2) is 29.8 Å². The van der Waals surface area contributed by atoms with Gasteiger partial charge in [-0.1, -0.05) is 88.2 Å². The Morgan fingerprint density at radius 1 is 0.935 bits per heavy atom. The molecule has 3 rings (SSSR count). The Labute approximate surface area is 196 Å². The van der Waals surface area contributed by atoms with E-state index in [0.717, 1.165) is 21.2 Å². The van der Waals surface area contributed by atoms with Crippen LogP contribution in [0, 0.1) is 0 Å². The highest BCUT2D eigenvalue weighted by molar-refractivity contribution is 9.10. The van der Waals surface area contributed by atoms with Crippen molar-refractivity contribution in [1.29, 1.82) is 0 Å². The van der Waals surface area contributed by atoms with Gasteiger partial charge in [-0.25, -0.2) is 0 Å². The molecule has 4 nitrogen and oxygen atoms in total. The SMILES string of the molecule is CNC(=O)[C@@H](Cc1ccccc1)N(Cc1ccc(Br)cc1)C(=O)Cc1ccccc1Cl. The predicted octanol–water partition coefficient (Wildman–Crippen LogP) is 5.03. The van der Waals surface area contributed by atoms with Gasteiger partial charge >= 0.3 is 0 Å². The van der Waals surface area contributed by atoms with Crippen LogP contribution in [0.25, 0.3) is 0 Å². The summed E-state index contributed by atoms with van der Waals surface area (Å²) in [6.45, 7) is 0.321. The Bertz CT molecular complexity index is 1030. The molecule has 1 atom stereocenters. The highest BCUT2D eigenvalue weighted by Crippen LogP contribution is 2.21. The van der Waals surface area contributed by atoms with E-state index >= 15 is 0 Å². The highest BCUT2D eigenvalue weighted by atomic mass is 79.9. The summed E-state index contributed by atoms with van der Waals surface area (Å²) in [5.74, 6) is -0.353. The summed E-state index contributed by atoms with van der Waals surface area (Å²) in [4.78, 5) is 28.0. The van der Waals surface area contributed by atoms with E-state index in [1.165, 1.54) is 0 Å². The van der Waals surface area contributed by atoms with Crippen LogP contribution >= 0.6 is 27.5 Å². The molecule has 0 unspecified atom stereocenters. The molecule has 160 valence electrons. The lowest BCUT2D eigenvalue weighted by Gasteiger charge is -2.31. The second-order valence-electron chi connectivity index (χ2n) is 7.24. The van der Waals surface area contributed by atoms with Crippen LogP contribution in [0.1, 0.15) is 16.7 Å². The van der Waals surface area contributed by atoms with Crippen LogP contribution in [0.3, 0.4) is 0 Å². The molecular weight excluding hydrogens is 476 g/mol. The zero-order valence-electron chi connectivity index (χ0n) is 17.2. The Kier molecular flexibility index (Phi) is 8.27. The number of benzene rings is 3. The number of nitrogens with one attached hydrogen (secondary N) is 1. The van der Waals surface area contributed by atoms with Crippen molar-refractivity contribution in [2.24, 2.45) is 0 Å². The molecule has 0 fully saturated rings. The van der Waals surface area contributed by atoms with Gasteiger partial charge in [0.25, 0.3) is 0 Å². The van der Waals surface area contributed by atoms with Crippen LogP contribution in [0.5, 0.6) is 0 Å². The van der Waals surface area contributed by atoms with E-state index in [1.807, 2.05) is 72.8 Å². The van der Waals surface area contributed by atoms with Gasteiger partial charge in [0, 0.05) is 29.5 Å². The molecule has 0 radical (unpaired) electrons. The summed E-state index contributed by atoms with van der Waals surface area (Å²) in [6.07, 6.45) is 0.545. The van der Waals surface area contributed by atoms with Crippen molar-refractivity contribution in [2.45, 2.75) is 25.4 Å². The Morgan fingerprint density at radius 3 is 2.23 bits per heavy atom. The summed E-state index contributed by atoms with van der Waals surface area (Å²) in [5, 5.41) is 3.27. The molecule has 3 aromatic carbocycles. The van der Waals surface area contributed by atoms with Crippen molar-refractivity contribution < 1.29 is 9.59 Å². The first-order valence-electron chi connectivity index (χ1n) is 10.0. The van der Waals surface area contributed by atoms with Crippen LogP contribution < -0.4 is 5.32 Å². The first-order valence-corrected chi connectivity index (χ1v) is 11.2. The van der Waals surface area contributed by atoms with Crippen molar-refractivity contribution in [3.63, 3.8) is 0 Å².